The number of benzene rings is 4. The van der Waals surface area contributed by atoms with E-state index in [-0.39, 0.29) is 23.1 Å². The van der Waals surface area contributed by atoms with Gasteiger partial charge in [-0.1, -0.05) is 66.7 Å². The summed E-state index contributed by atoms with van der Waals surface area (Å²) >= 11 is 0. The third kappa shape index (κ3) is 8.51. The van der Waals surface area contributed by atoms with Crippen LogP contribution < -0.4 is 25.3 Å². The van der Waals surface area contributed by atoms with Crippen LogP contribution in [0.25, 0.3) is 5.69 Å². The molecule has 0 saturated heterocycles. The van der Waals surface area contributed by atoms with Crippen molar-refractivity contribution in [1.29, 1.82) is 0 Å². The molecule has 4 aromatic carbocycles. The van der Waals surface area contributed by atoms with Crippen LogP contribution in [0.15, 0.2) is 130 Å². The number of hydrazone groups is 1. The molecular formula is C36H36N6O6S. The SMILES string of the molecule is Cc1c(N(CC(=O)N/N=C\c2ccc(OCC(=O)NCCc3ccccc3)cc2)S(=O)(=O)c2ccccc2)c(=O)n(-c2ccccc2)n1C. The number of hydrogen-bond donors (Lipinski definition) is 2. The minimum absolute atomic E-state index is 0.0767. The molecular weight excluding hydrogens is 644 g/mol. The van der Waals surface area contributed by atoms with Crippen molar-refractivity contribution in [2.75, 3.05) is 24.0 Å². The number of carbonyl (C=O) groups excluding carboxylic acids is 2. The molecule has 5 rings (SSSR count). The molecule has 1 aromatic heterocycles. The molecule has 252 valence electrons. The van der Waals surface area contributed by atoms with Gasteiger partial charge in [-0.25, -0.2) is 22.8 Å². The molecule has 0 saturated carbocycles. The van der Waals surface area contributed by atoms with E-state index >= 15 is 0 Å². The van der Waals surface area contributed by atoms with Crippen LogP contribution in [0.1, 0.15) is 16.8 Å². The molecule has 5 aromatic rings. The first-order valence-corrected chi connectivity index (χ1v) is 16.9. The topological polar surface area (TPSA) is 144 Å². The van der Waals surface area contributed by atoms with Crippen LogP contribution in [-0.4, -0.2) is 55.5 Å². The number of para-hydroxylation sites is 1. The quantitative estimate of drug-likeness (QED) is 0.136. The minimum Gasteiger partial charge on any atom is -0.484 e. The maximum Gasteiger partial charge on any atom is 0.296 e. The number of carbonyl (C=O) groups is 2. The Morgan fingerprint density at radius 1 is 0.857 bits per heavy atom. The first-order valence-electron chi connectivity index (χ1n) is 15.4. The molecule has 0 aliphatic heterocycles. The summed E-state index contributed by atoms with van der Waals surface area (Å²) in [5.74, 6) is -0.527. The van der Waals surface area contributed by atoms with Crippen molar-refractivity contribution in [2.24, 2.45) is 12.1 Å². The van der Waals surface area contributed by atoms with Gasteiger partial charge in [0.1, 0.15) is 18.0 Å². The summed E-state index contributed by atoms with van der Waals surface area (Å²) in [6, 6.07) is 32.9. The monoisotopic (exact) mass is 680 g/mol. The number of ether oxygens (including phenoxy) is 1. The fourth-order valence-corrected chi connectivity index (χ4v) is 6.52. The van der Waals surface area contributed by atoms with Gasteiger partial charge in [0.25, 0.3) is 27.4 Å². The third-order valence-electron chi connectivity index (χ3n) is 7.62. The summed E-state index contributed by atoms with van der Waals surface area (Å²) in [4.78, 5) is 39.0. The highest BCUT2D eigenvalue weighted by Crippen LogP contribution is 2.25. The lowest BCUT2D eigenvalue weighted by atomic mass is 10.1. The van der Waals surface area contributed by atoms with E-state index in [0.717, 1.165) is 16.3 Å². The summed E-state index contributed by atoms with van der Waals surface area (Å²) in [7, 11) is -2.70. The summed E-state index contributed by atoms with van der Waals surface area (Å²) < 4.78 is 37.0. The third-order valence-corrected chi connectivity index (χ3v) is 9.38. The number of anilines is 1. The maximum atomic E-state index is 13.9. The fourth-order valence-electron chi connectivity index (χ4n) is 5.03. The largest absolute Gasteiger partial charge is 0.484 e. The van der Waals surface area contributed by atoms with Gasteiger partial charge in [-0.15, -0.1) is 0 Å². The van der Waals surface area contributed by atoms with Crippen LogP contribution in [0.3, 0.4) is 0 Å². The van der Waals surface area contributed by atoms with Crippen molar-refractivity contribution < 1.29 is 22.7 Å². The number of hydrogen-bond acceptors (Lipinski definition) is 7. The molecule has 0 bridgehead atoms. The second kappa shape index (κ2) is 15.8. The molecule has 0 aliphatic carbocycles. The Morgan fingerprint density at radius 2 is 1.47 bits per heavy atom. The molecule has 13 heteroatoms. The van der Waals surface area contributed by atoms with Crippen molar-refractivity contribution in [3.05, 3.63) is 142 Å². The smallest absolute Gasteiger partial charge is 0.296 e. The standard InChI is InChI=1S/C36H36N6O6S/c1-27-35(36(45)42(40(27)2)30-14-8-4-9-15-30)41(49(46,47)32-16-10-5-11-17-32)25-33(43)39-38-24-29-18-20-31(21-19-29)48-26-34(44)37-23-22-28-12-6-3-7-13-28/h3-21,24H,22-23,25-26H2,1-2H3,(H,37,44)(H,39,43)/b38-24-. The van der Waals surface area contributed by atoms with Crippen LogP contribution >= 0.6 is 0 Å². The van der Waals surface area contributed by atoms with E-state index in [1.54, 1.807) is 91.4 Å². The zero-order valence-corrected chi connectivity index (χ0v) is 27.8. The molecule has 2 N–H and O–H groups in total. The van der Waals surface area contributed by atoms with Crippen molar-refractivity contribution in [3.63, 3.8) is 0 Å². The van der Waals surface area contributed by atoms with Gasteiger partial charge in [0.15, 0.2) is 6.61 Å². The van der Waals surface area contributed by atoms with Gasteiger partial charge in [0.2, 0.25) is 0 Å². The number of amides is 2. The van der Waals surface area contributed by atoms with Crippen LogP contribution in [0.2, 0.25) is 0 Å². The zero-order valence-electron chi connectivity index (χ0n) is 27.0. The van der Waals surface area contributed by atoms with Crippen molar-refractivity contribution >= 4 is 33.7 Å². The summed E-state index contributed by atoms with van der Waals surface area (Å²) in [5, 5.41) is 6.81. The van der Waals surface area contributed by atoms with Gasteiger partial charge in [-0.3, -0.25) is 19.1 Å². The first kappa shape index (κ1) is 34.4. The molecule has 1 heterocycles. The summed E-state index contributed by atoms with van der Waals surface area (Å²) in [6.45, 7) is 1.27. The Labute approximate surface area is 284 Å². The van der Waals surface area contributed by atoms with E-state index in [9.17, 15) is 22.8 Å². The molecule has 0 spiro atoms. The Morgan fingerprint density at radius 3 is 2.12 bits per heavy atom. The fraction of sp³-hybridized carbons (Fsp3) is 0.167. The molecule has 0 atom stereocenters. The van der Waals surface area contributed by atoms with Crippen molar-refractivity contribution in [2.45, 2.75) is 18.2 Å². The Balaban J connectivity index is 1.23. The molecule has 49 heavy (non-hydrogen) atoms. The predicted octanol–water partition coefficient (Wildman–Crippen LogP) is 3.57. The number of sulfonamides is 1. The Kier molecular flexibility index (Phi) is 11.1. The van der Waals surface area contributed by atoms with Gasteiger partial charge in [0.05, 0.1) is 22.5 Å². The lowest BCUT2D eigenvalue weighted by Crippen LogP contribution is -2.42. The highest BCUT2D eigenvalue weighted by Gasteiger charge is 2.33. The van der Waals surface area contributed by atoms with Crippen LogP contribution in [0.5, 0.6) is 5.75 Å². The second-order valence-electron chi connectivity index (χ2n) is 11.0. The van der Waals surface area contributed by atoms with E-state index in [4.69, 9.17) is 4.74 Å². The van der Waals surface area contributed by atoms with Crippen molar-refractivity contribution in [1.82, 2.24) is 20.1 Å². The molecule has 12 nitrogen and oxygen atoms in total. The van der Waals surface area contributed by atoms with E-state index < -0.39 is 28.0 Å². The van der Waals surface area contributed by atoms with Crippen LogP contribution in [0, 0.1) is 6.92 Å². The lowest BCUT2D eigenvalue weighted by Gasteiger charge is -2.22. The van der Waals surface area contributed by atoms with Crippen LogP contribution in [-0.2, 0) is 33.1 Å². The number of nitrogens with zero attached hydrogens (tertiary/aromatic N) is 4. The van der Waals surface area contributed by atoms with Gasteiger partial charge < -0.3 is 10.1 Å². The number of aromatic nitrogens is 2. The van der Waals surface area contributed by atoms with E-state index in [2.05, 4.69) is 15.8 Å². The molecule has 2 amide bonds. The van der Waals surface area contributed by atoms with Gasteiger partial charge in [0, 0.05) is 13.6 Å². The normalized spacial score (nSPS) is 11.3. The average molecular weight is 681 g/mol. The number of rotatable bonds is 14. The molecule has 0 fully saturated rings. The molecule has 0 aliphatic rings. The van der Waals surface area contributed by atoms with E-state index in [0.29, 0.717) is 29.2 Å². The van der Waals surface area contributed by atoms with Crippen molar-refractivity contribution in [3.8, 4) is 11.4 Å². The summed E-state index contributed by atoms with van der Waals surface area (Å²) in [6.07, 6.45) is 2.10. The zero-order chi connectivity index (χ0) is 34.8. The molecule has 0 radical (unpaired) electrons. The second-order valence-corrected chi connectivity index (χ2v) is 12.8. The number of nitrogens with one attached hydrogen (secondary N) is 2. The van der Waals surface area contributed by atoms with E-state index in [1.165, 1.54) is 23.0 Å². The van der Waals surface area contributed by atoms with Gasteiger partial charge >= 0.3 is 0 Å². The first-order chi connectivity index (χ1) is 23.6. The molecule has 0 unspecified atom stereocenters. The Bertz CT molecular complexity index is 2080. The maximum absolute atomic E-state index is 13.9. The van der Waals surface area contributed by atoms with E-state index in [1.807, 2.05) is 30.3 Å². The minimum atomic E-state index is -4.34. The highest BCUT2D eigenvalue weighted by molar-refractivity contribution is 7.92. The average Bonchev–Trinajstić information content (AvgIpc) is 3.34. The lowest BCUT2D eigenvalue weighted by molar-refractivity contribution is -0.123. The Hall–Kier alpha value is -5.95. The predicted molar refractivity (Wildman–Crippen MR) is 188 cm³/mol. The van der Waals surface area contributed by atoms with Gasteiger partial charge in [-0.05, 0) is 73.0 Å². The van der Waals surface area contributed by atoms with Gasteiger partial charge in [-0.2, -0.15) is 5.10 Å². The highest BCUT2D eigenvalue weighted by atomic mass is 32.2. The summed E-state index contributed by atoms with van der Waals surface area (Å²) in [5.41, 5.74) is 4.22. The van der Waals surface area contributed by atoms with Crippen LogP contribution in [0.4, 0.5) is 5.69 Å².